The van der Waals surface area contributed by atoms with E-state index in [0.29, 0.717) is 0 Å². The van der Waals surface area contributed by atoms with Crippen LogP contribution >= 0.6 is 0 Å². The predicted molar refractivity (Wildman–Crippen MR) is 69.2 cm³/mol. The Morgan fingerprint density at radius 2 is 2.06 bits per heavy atom. The third kappa shape index (κ3) is 3.06. The molecule has 1 heterocycles. The Morgan fingerprint density at radius 1 is 1.24 bits per heavy atom. The highest BCUT2D eigenvalue weighted by Gasteiger charge is 2.01. The number of anilines is 1. The second-order valence-corrected chi connectivity index (χ2v) is 4.23. The van der Waals surface area contributed by atoms with Gasteiger partial charge in [0.15, 0.2) is 0 Å². The van der Waals surface area contributed by atoms with Gasteiger partial charge in [-0.25, -0.2) is 9.67 Å². The number of hydrogen-bond acceptors (Lipinski definition) is 3. The van der Waals surface area contributed by atoms with Crippen molar-refractivity contribution in [1.29, 1.82) is 0 Å². The van der Waals surface area contributed by atoms with Gasteiger partial charge in [-0.3, -0.25) is 0 Å². The molecule has 0 saturated heterocycles. The summed E-state index contributed by atoms with van der Waals surface area (Å²) in [6, 6.07) is 8.37. The molecule has 0 aliphatic rings. The lowest BCUT2D eigenvalue weighted by atomic mass is 10.2. The fourth-order valence-corrected chi connectivity index (χ4v) is 1.83. The molecular formula is C13H18N4. The van der Waals surface area contributed by atoms with E-state index in [1.165, 1.54) is 5.56 Å². The average Bonchev–Trinajstić information content (AvgIpc) is 2.58. The highest BCUT2D eigenvalue weighted by atomic mass is 15.3. The van der Waals surface area contributed by atoms with E-state index in [1.54, 1.807) is 0 Å². The van der Waals surface area contributed by atoms with Crippen LogP contribution in [0.2, 0.25) is 0 Å². The molecule has 90 valence electrons. The van der Waals surface area contributed by atoms with Crippen molar-refractivity contribution in [1.82, 2.24) is 14.8 Å². The Labute approximate surface area is 102 Å². The summed E-state index contributed by atoms with van der Waals surface area (Å²) in [5.41, 5.74) is 2.42. The SMILES string of the molecule is Cc1cccc(NCCn2nc(C)nc2C)c1. The largest absolute Gasteiger partial charge is 0.383 e. The maximum absolute atomic E-state index is 4.32. The van der Waals surface area contributed by atoms with Crippen LogP contribution in [0.15, 0.2) is 24.3 Å². The fraction of sp³-hybridized carbons (Fsp3) is 0.385. The van der Waals surface area contributed by atoms with Crippen molar-refractivity contribution in [3.8, 4) is 0 Å². The van der Waals surface area contributed by atoms with E-state index in [1.807, 2.05) is 18.5 Å². The van der Waals surface area contributed by atoms with E-state index in [4.69, 9.17) is 0 Å². The molecule has 0 radical (unpaired) electrons. The first-order chi connectivity index (χ1) is 8.15. The van der Waals surface area contributed by atoms with Gasteiger partial charge in [-0.15, -0.1) is 0 Å². The smallest absolute Gasteiger partial charge is 0.147 e. The normalized spacial score (nSPS) is 10.5. The Morgan fingerprint density at radius 3 is 2.71 bits per heavy atom. The Balaban J connectivity index is 1.89. The summed E-state index contributed by atoms with van der Waals surface area (Å²) in [4.78, 5) is 4.27. The van der Waals surface area contributed by atoms with Gasteiger partial charge in [0.25, 0.3) is 0 Å². The summed E-state index contributed by atoms with van der Waals surface area (Å²) in [6.45, 7) is 7.67. The molecule has 0 bridgehead atoms. The maximum Gasteiger partial charge on any atom is 0.147 e. The molecule has 0 atom stereocenters. The molecule has 0 aliphatic heterocycles. The Bertz CT molecular complexity index is 502. The number of rotatable bonds is 4. The molecule has 0 aliphatic carbocycles. The molecule has 2 aromatic rings. The zero-order valence-corrected chi connectivity index (χ0v) is 10.6. The van der Waals surface area contributed by atoms with Gasteiger partial charge in [0, 0.05) is 12.2 Å². The number of nitrogens with one attached hydrogen (secondary N) is 1. The zero-order valence-electron chi connectivity index (χ0n) is 10.6. The first-order valence-corrected chi connectivity index (χ1v) is 5.84. The van der Waals surface area contributed by atoms with Crippen LogP contribution in [0, 0.1) is 20.8 Å². The molecule has 2 rings (SSSR count). The molecule has 17 heavy (non-hydrogen) atoms. The third-order valence-electron chi connectivity index (χ3n) is 2.63. The van der Waals surface area contributed by atoms with Gasteiger partial charge in [-0.1, -0.05) is 12.1 Å². The average molecular weight is 230 g/mol. The Hall–Kier alpha value is -1.84. The van der Waals surface area contributed by atoms with Gasteiger partial charge < -0.3 is 5.32 Å². The summed E-state index contributed by atoms with van der Waals surface area (Å²) in [5, 5.41) is 7.71. The molecule has 1 N–H and O–H groups in total. The van der Waals surface area contributed by atoms with Crippen molar-refractivity contribution in [2.75, 3.05) is 11.9 Å². The highest BCUT2D eigenvalue weighted by molar-refractivity contribution is 5.45. The first kappa shape index (κ1) is 11.6. The van der Waals surface area contributed by atoms with Crippen molar-refractivity contribution < 1.29 is 0 Å². The minimum Gasteiger partial charge on any atom is -0.383 e. The number of nitrogens with zero attached hydrogens (tertiary/aromatic N) is 3. The van der Waals surface area contributed by atoms with Gasteiger partial charge in [0.2, 0.25) is 0 Å². The molecule has 1 aromatic carbocycles. The maximum atomic E-state index is 4.32. The minimum absolute atomic E-state index is 0.832. The van der Waals surface area contributed by atoms with Crippen molar-refractivity contribution in [2.45, 2.75) is 27.3 Å². The topological polar surface area (TPSA) is 42.7 Å². The lowest BCUT2D eigenvalue weighted by Crippen LogP contribution is -2.12. The molecule has 0 fully saturated rings. The summed E-state index contributed by atoms with van der Waals surface area (Å²) in [6.07, 6.45) is 0. The first-order valence-electron chi connectivity index (χ1n) is 5.84. The summed E-state index contributed by atoms with van der Waals surface area (Å²) < 4.78 is 1.93. The number of hydrogen-bond donors (Lipinski definition) is 1. The molecule has 0 spiro atoms. The summed E-state index contributed by atoms with van der Waals surface area (Å²) in [5.74, 6) is 1.80. The van der Waals surface area contributed by atoms with E-state index in [9.17, 15) is 0 Å². The molecule has 4 nitrogen and oxygen atoms in total. The van der Waals surface area contributed by atoms with Gasteiger partial charge in [0.05, 0.1) is 6.54 Å². The zero-order chi connectivity index (χ0) is 12.3. The summed E-state index contributed by atoms with van der Waals surface area (Å²) >= 11 is 0. The van der Waals surface area contributed by atoms with Crippen LogP contribution in [0.4, 0.5) is 5.69 Å². The number of benzene rings is 1. The van der Waals surface area contributed by atoms with Crippen LogP contribution in [-0.4, -0.2) is 21.3 Å². The van der Waals surface area contributed by atoms with Crippen molar-refractivity contribution in [2.24, 2.45) is 0 Å². The molecule has 1 aromatic heterocycles. The molecule has 4 heteroatoms. The van der Waals surface area contributed by atoms with E-state index in [0.717, 1.165) is 30.4 Å². The number of aryl methyl sites for hydroxylation is 3. The quantitative estimate of drug-likeness (QED) is 0.876. The molecule has 0 saturated carbocycles. The monoisotopic (exact) mass is 230 g/mol. The predicted octanol–water partition coefficient (Wildman–Crippen LogP) is 2.32. The number of aromatic nitrogens is 3. The molecule has 0 amide bonds. The third-order valence-corrected chi connectivity index (χ3v) is 2.63. The van der Waals surface area contributed by atoms with Gasteiger partial charge in [-0.05, 0) is 38.5 Å². The minimum atomic E-state index is 0.832. The van der Waals surface area contributed by atoms with Crippen LogP contribution in [0.1, 0.15) is 17.2 Å². The lowest BCUT2D eigenvalue weighted by molar-refractivity contribution is 0.612. The standard InChI is InChI=1S/C13H18N4/c1-10-5-4-6-13(9-10)14-7-8-17-12(3)15-11(2)16-17/h4-6,9,14H,7-8H2,1-3H3. The van der Waals surface area contributed by atoms with E-state index >= 15 is 0 Å². The fourth-order valence-electron chi connectivity index (χ4n) is 1.83. The van der Waals surface area contributed by atoms with Crippen LogP contribution < -0.4 is 5.32 Å². The second kappa shape index (κ2) is 4.99. The van der Waals surface area contributed by atoms with Crippen LogP contribution in [0.25, 0.3) is 0 Å². The van der Waals surface area contributed by atoms with Crippen LogP contribution in [-0.2, 0) is 6.54 Å². The van der Waals surface area contributed by atoms with E-state index in [2.05, 4.69) is 46.6 Å². The molecule has 0 unspecified atom stereocenters. The van der Waals surface area contributed by atoms with Gasteiger partial charge in [0.1, 0.15) is 11.6 Å². The van der Waals surface area contributed by atoms with E-state index in [-0.39, 0.29) is 0 Å². The van der Waals surface area contributed by atoms with Gasteiger partial charge >= 0.3 is 0 Å². The molecular weight excluding hydrogens is 212 g/mol. The van der Waals surface area contributed by atoms with Crippen LogP contribution in [0.5, 0.6) is 0 Å². The van der Waals surface area contributed by atoms with Crippen LogP contribution in [0.3, 0.4) is 0 Å². The van der Waals surface area contributed by atoms with Crippen molar-refractivity contribution in [3.05, 3.63) is 41.5 Å². The highest BCUT2D eigenvalue weighted by Crippen LogP contribution is 2.09. The second-order valence-electron chi connectivity index (χ2n) is 4.23. The Kier molecular flexibility index (Phi) is 3.42. The lowest BCUT2D eigenvalue weighted by Gasteiger charge is -2.07. The van der Waals surface area contributed by atoms with E-state index < -0.39 is 0 Å². The van der Waals surface area contributed by atoms with Crippen molar-refractivity contribution >= 4 is 5.69 Å². The van der Waals surface area contributed by atoms with Crippen molar-refractivity contribution in [3.63, 3.8) is 0 Å². The van der Waals surface area contributed by atoms with Gasteiger partial charge in [-0.2, -0.15) is 5.10 Å². The summed E-state index contributed by atoms with van der Waals surface area (Å²) in [7, 11) is 0.